The Labute approximate surface area is 192 Å². The number of aromatic nitrogens is 2. The summed E-state index contributed by atoms with van der Waals surface area (Å²) in [6.07, 6.45) is 0.284. The molecule has 4 rings (SSSR count). The molecular formula is C21H14BrCl2N3O2S. The molecule has 0 spiro atoms. The van der Waals surface area contributed by atoms with Crippen molar-refractivity contribution in [1.82, 2.24) is 9.97 Å². The van der Waals surface area contributed by atoms with Crippen LogP contribution in [0.1, 0.15) is 11.3 Å². The molecule has 0 amide bonds. The van der Waals surface area contributed by atoms with Gasteiger partial charge in [-0.3, -0.25) is 4.72 Å². The average molecular weight is 523 g/mol. The lowest BCUT2D eigenvalue weighted by molar-refractivity contribution is 0.601. The van der Waals surface area contributed by atoms with E-state index in [0.29, 0.717) is 26.8 Å². The Morgan fingerprint density at radius 1 is 0.900 bits per heavy atom. The van der Waals surface area contributed by atoms with Gasteiger partial charge in [0.05, 0.1) is 21.6 Å². The number of nitrogens with one attached hydrogen (secondary N) is 1. The SMILES string of the molecule is O=S(=O)(Nc1nc2ccccc2nc1Cc1ccc(Cl)cc1Cl)c1ccc(Br)cc1. The zero-order valence-electron chi connectivity index (χ0n) is 15.3. The zero-order chi connectivity index (χ0) is 21.3. The zero-order valence-corrected chi connectivity index (χ0v) is 19.2. The monoisotopic (exact) mass is 521 g/mol. The topological polar surface area (TPSA) is 72.0 Å². The molecule has 0 fully saturated rings. The highest BCUT2D eigenvalue weighted by molar-refractivity contribution is 9.10. The van der Waals surface area contributed by atoms with Gasteiger partial charge < -0.3 is 0 Å². The van der Waals surface area contributed by atoms with Crippen LogP contribution in [0, 0.1) is 0 Å². The second-order valence-electron chi connectivity index (χ2n) is 6.48. The van der Waals surface area contributed by atoms with E-state index in [1.165, 1.54) is 12.1 Å². The van der Waals surface area contributed by atoms with Crippen LogP contribution in [0.4, 0.5) is 5.82 Å². The molecular weight excluding hydrogens is 509 g/mol. The summed E-state index contributed by atoms with van der Waals surface area (Å²) in [7, 11) is -3.86. The first-order valence-electron chi connectivity index (χ1n) is 8.80. The van der Waals surface area contributed by atoms with Crippen LogP contribution >= 0.6 is 39.1 Å². The van der Waals surface area contributed by atoms with Gasteiger partial charge in [0, 0.05) is 20.9 Å². The van der Waals surface area contributed by atoms with Crippen molar-refractivity contribution in [2.45, 2.75) is 11.3 Å². The highest BCUT2D eigenvalue weighted by Crippen LogP contribution is 2.27. The molecule has 0 saturated heterocycles. The van der Waals surface area contributed by atoms with E-state index in [1.807, 2.05) is 18.2 Å². The molecule has 1 aromatic heterocycles. The average Bonchev–Trinajstić information content (AvgIpc) is 2.70. The highest BCUT2D eigenvalue weighted by Gasteiger charge is 2.19. The molecule has 152 valence electrons. The fourth-order valence-corrected chi connectivity index (χ4v) is 4.66. The number of hydrogen-bond donors (Lipinski definition) is 1. The van der Waals surface area contributed by atoms with Gasteiger partial charge in [0.2, 0.25) is 0 Å². The highest BCUT2D eigenvalue weighted by atomic mass is 79.9. The van der Waals surface area contributed by atoms with Crippen LogP contribution in [0.25, 0.3) is 11.0 Å². The lowest BCUT2D eigenvalue weighted by atomic mass is 10.1. The maximum Gasteiger partial charge on any atom is 0.263 e. The molecule has 0 saturated carbocycles. The number of hydrogen-bond acceptors (Lipinski definition) is 4. The minimum atomic E-state index is -3.86. The smallest absolute Gasteiger partial charge is 0.262 e. The summed E-state index contributed by atoms with van der Waals surface area (Å²) in [6.45, 7) is 0. The Hall–Kier alpha value is -2.19. The lowest BCUT2D eigenvalue weighted by Gasteiger charge is -2.13. The van der Waals surface area contributed by atoms with Crippen molar-refractivity contribution < 1.29 is 8.42 Å². The second kappa shape index (κ2) is 8.51. The summed E-state index contributed by atoms with van der Waals surface area (Å²) in [4.78, 5) is 9.27. The van der Waals surface area contributed by atoms with E-state index in [-0.39, 0.29) is 17.1 Å². The van der Waals surface area contributed by atoms with E-state index in [1.54, 1.807) is 36.4 Å². The molecule has 4 aromatic rings. The molecule has 30 heavy (non-hydrogen) atoms. The largest absolute Gasteiger partial charge is 0.263 e. The third kappa shape index (κ3) is 4.59. The Balaban J connectivity index is 1.79. The first kappa shape index (κ1) is 21.1. The quantitative estimate of drug-likeness (QED) is 0.344. The van der Waals surface area contributed by atoms with Gasteiger partial charge in [0.15, 0.2) is 5.82 Å². The second-order valence-corrected chi connectivity index (χ2v) is 9.92. The van der Waals surface area contributed by atoms with E-state index in [4.69, 9.17) is 23.2 Å². The summed E-state index contributed by atoms with van der Waals surface area (Å²) < 4.78 is 29.2. The van der Waals surface area contributed by atoms with Crippen LogP contribution < -0.4 is 4.72 Å². The number of benzene rings is 3. The molecule has 0 aliphatic carbocycles. The maximum atomic E-state index is 12.9. The summed E-state index contributed by atoms with van der Waals surface area (Å²) in [5.74, 6) is 0.155. The number of anilines is 1. The van der Waals surface area contributed by atoms with Crippen molar-refractivity contribution in [1.29, 1.82) is 0 Å². The summed E-state index contributed by atoms with van der Waals surface area (Å²) in [5, 5.41) is 0.990. The van der Waals surface area contributed by atoms with E-state index < -0.39 is 10.0 Å². The van der Waals surface area contributed by atoms with Crippen molar-refractivity contribution in [2.24, 2.45) is 0 Å². The first-order chi connectivity index (χ1) is 14.3. The summed E-state index contributed by atoms with van der Waals surface area (Å²) in [6, 6.07) is 18.8. The molecule has 0 bridgehead atoms. The Morgan fingerprint density at radius 2 is 1.57 bits per heavy atom. The van der Waals surface area contributed by atoms with Crippen molar-refractivity contribution in [2.75, 3.05) is 4.72 Å². The summed E-state index contributed by atoms with van der Waals surface area (Å²) in [5.41, 5.74) is 2.45. The first-order valence-corrected chi connectivity index (χ1v) is 11.8. The van der Waals surface area contributed by atoms with Crippen LogP contribution in [0.3, 0.4) is 0 Å². The molecule has 3 aromatic carbocycles. The van der Waals surface area contributed by atoms with Gasteiger partial charge >= 0.3 is 0 Å². The van der Waals surface area contributed by atoms with Gasteiger partial charge in [-0.2, -0.15) is 0 Å². The number of rotatable bonds is 5. The van der Waals surface area contributed by atoms with Gasteiger partial charge in [0.25, 0.3) is 10.0 Å². The molecule has 5 nitrogen and oxygen atoms in total. The standard InChI is InChI=1S/C21H14BrCl2N3O2S/c22-14-6-9-16(10-7-14)30(28,29)27-21-20(11-13-5-8-15(23)12-17(13)24)25-18-3-1-2-4-19(18)26-21/h1-10,12H,11H2,(H,26,27). The normalized spacial score (nSPS) is 11.6. The molecule has 0 aliphatic rings. The predicted molar refractivity (Wildman–Crippen MR) is 124 cm³/mol. The van der Waals surface area contributed by atoms with Crippen molar-refractivity contribution in [3.8, 4) is 0 Å². The third-order valence-electron chi connectivity index (χ3n) is 4.37. The molecule has 0 aliphatic heterocycles. The van der Waals surface area contributed by atoms with Crippen LogP contribution in [-0.2, 0) is 16.4 Å². The minimum absolute atomic E-state index is 0.121. The number of fused-ring (bicyclic) bond motifs is 1. The van der Waals surface area contributed by atoms with Crippen LogP contribution in [-0.4, -0.2) is 18.4 Å². The Bertz CT molecular complexity index is 1350. The molecule has 0 unspecified atom stereocenters. The third-order valence-corrected chi connectivity index (χ3v) is 6.84. The van der Waals surface area contributed by atoms with Crippen LogP contribution in [0.5, 0.6) is 0 Å². The van der Waals surface area contributed by atoms with Gasteiger partial charge in [0.1, 0.15) is 0 Å². The molecule has 9 heteroatoms. The molecule has 0 radical (unpaired) electrons. The summed E-state index contributed by atoms with van der Waals surface area (Å²) >= 11 is 15.6. The van der Waals surface area contributed by atoms with Crippen molar-refractivity contribution in [3.05, 3.63) is 92.5 Å². The number of halogens is 3. The lowest BCUT2D eigenvalue weighted by Crippen LogP contribution is -2.16. The molecule has 1 heterocycles. The van der Waals surface area contributed by atoms with Crippen molar-refractivity contribution in [3.63, 3.8) is 0 Å². The fourth-order valence-electron chi connectivity index (χ4n) is 2.89. The Kier molecular flexibility index (Phi) is 5.97. The minimum Gasteiger partial charge on any atom is -0.262 e. The number of nitrogens with zero attached hydrogens (tertiary/aromatic N) is 2. The predicted octanol–water partition coefficient (Wildman–Crippen LogP) is 6.09. The Morgan fingerprint density at radius 3 is 2.23 bits per heavy atom. The van der Waals surface area contributed by atoms with Crippen molar-refractivity contribution >= 4 is 66.0 Å². The van der Waals surface area contributed by atoms with E-state index in [9.17, 15) is 8.42 Å². The van der Waals surface area contributed by atoms with Gasteiger partial charge in [-0.15, -0.1) is 0 Å². The van der Waals surface area contributed by atoms with Gasteiger partial charge in [-0.25, -0.2) is 18.4 Å². The van der Waals surface area contributed by atoms with E-state index in [2.05, 4.69) is 30.6 Å². The van der Waals surface area contributed by atoms with E-state index >= 15 is 0 Å². The van der Waals surface area contributed by atoms with Crippen LogP contribution in [0.15, 0.2) is 76.1 Å². The fraction of sp³-hybridized carbons (Fsp3) is 0.0476. The maximum absolute atomic E-state index is 12.9. The number of sulfonamides is 1. The van der Waals surface area contributed by atoms with Gasteiger partial charge in [-0.1, -0.05) is 57.3 Å². The molecule has 0 atom stereocenters. The number of para-hydroxylation sites is 2. The van der Waals surface area contributed by atoms with Crippen LogP contribution in [0.2, 0.25) is 10.0 Å². The van der Waals surface area contributed by atoms with Gasteiger partial charge in [-0.05, 0) is 54.1 Å². The molecule has 1 N–H and O–H groups in total. The van der Waals surface area contributed by atoms with E-state index in [0.717, 1.165) is 10.0 Å².